The van der Waals surface area contributed by atoms with Crippen LogP contribution in [0.5, 0.6) is 5.75 Å². The van der Waals surface area contributed by atoms with Crippen molar-refractivity contribution in [2.24, 2.45) is 0 Å². The van der Waals surface area contributed by atoms with Crippen LogP contribution < -0.4 is 4.74 Å². The smallest absolute Gasteiger partial charge is 0.269 e. The number of allylic oxidation sites excluding steroid dienone is 1. The van der Waals surface area contributed by atoms with Crippen molar-refractivity contribution in [1.29, 1.82) is 5.26 Å². The highest BCUT2D eigenvalue weighted by Gasteiger charge is 2.10. The third-order valence-corrected chi connectivity index (χ3v) is 5.39. The summed E-state index contributed by atoms with van der Waals surface area (Å²) in [6.45, 7) is 0.263. The van der Waals surface area contributed by atoms with E-state index in [1.54, 1.807) is 36.4 Å². The van der Waals surface area contributed by atoms with E-state index in [2.05, 4.69) is 22.0 Å². The Bertz CT molecular complexity index is 1170. The van der Waals surface area contributed by atoms with E-state index in [9.17, 15) is 15.4 Å². The quantitative estimate of drug-likeness (QED) is 0.153. The Kier molecular flexibility index (Phi) is 7.11. The average molecular weight is 504 g/mol. The van der Waals surface area contributed by atoms with Gasteiger partial charge in [-0.25, -0.2) is 0 Å². The minimum atomic E-state index is -0.483. The van der Waals surface area contributed by atoms with Crippen molar-refractivity contribution in [3.63, 3.8) is 0 Å². The molecule has 8 heteroatoms. The van der Waals surface area contributed by atoms with Gasteiger partial charge in [0.05, 0.1) is 26.6 Å². The standard InChI is InChI=1S/C22H13BrCl2N2O3/c23-18-4-8-22(30-13-14-1-7-20(24)21(25)9-14)16(11-18)10-17(12-26)15-2-5-19(6-3-15)27(28)29/h1-11H,13H2/b17-10-. The molecule has 150 valence electrons. The molecule has 0 radical (unpaired) electrons. The lowest BCUT2D eigenvalue weighted by Gasteiger charge is -2.11. The minimum absolute atomic E-state index is 0.0378. The lowest BCUT2D eigenvalue weighted by Crippen LogP contribution is -1.97. The molecule has 0 aromatic heterocycles. The van der Waals surface area contributed by atoms with Gasteiger partial charge >= 0.3 is 0 Å². The highest BCUT2D eigenvalue weighted by Crippen LogP contribution is 2.30. The molecule has 0 aliphatic rings. The van der Waals surface area contributed by atoms with E-state index < -0.39 is 4.92 Å². The number of rotatable bonds is 6. The summed E-state index contributed by atoms with van der Waals surface area (Å²) in [6, 6.07) is 18.7. The first-order valence-corrected chi connectivity index (χ1v) is 10.1. The summed E-state index contributed by atoms with van der Waals surface area (Å²) in [5.74, 6) is 0.568. The molecule has 30 heavy (non-hydrogen) atoms. The van der Waals surface area contributed by atoms with Crippen molar-refractivity contribution in [2.45, 2.75) is 6.61 Å². The first-order valence-electron chi connectivity index (χ1n) is 8.60. The van der Waals surface area contributed by atoms with Crippen LogP contribution >= 0.6 is 39.1 Å². The normalized spacial score (nSPS) is 11.1. The minimum Gasteiger partial charge on any atom is -0.488 e. The molecule has 0 bridgehead atoms. The first-order chi connectivity index (χ1) is 14.4. The Labute approximate surface area is 191 Å². The van der Waals surface area contributed by atoms with Crippen molar-refractivity contribution in [3.05, 3.63) is 102 Å². The van der Waals surface area contributed by atoms with Crippen LogP contribution in [0, 0.1) is 21.4 Å². The predicted molar refractivity (Wildman–Crippen MR) is 122 cm³/mol. The van der Waals surface area contributed by atoms with Gasteiger partial charge in [-0.1, -0.05) is 45.2 Å². The van der Waals surface area contributed by atoms with Gasteiger partial charge in [0, 0.05) is 22.2 Å². The Balaban J connectivity index is 1.90. The van der Waals surface area contributed by atoms with E-state index in [1.807, 2.05) is 18.2 Å². The number of nitrogens with zero attached hydrogens (tertiary/aromatic N) is 2. The molecule has 0 heterocycles. The van der Waals surface area contributed by atoms with Crippen LogP contribution in [0.2, 0.25) is 10.0 Å². The van der Waals surface area contributed by atoms with Crippen LogP contribution in [0.3, 0.4) is 0 Å². The molecule has 5 nitrogen and oxygen atoms in total. The van der Waals surface area contributed by atoms with Gasteiger partial charge in [-0.15, -0.1) is 0 Å². The van der Waals surface area contributed by atoms with Gasteiger partial charge in [-0.3, -0.25) is 10.1 Å². The summed E-state index contributed by atoms with van der Waals surface area (Å²) in [7, 11) is 0. The molecule has 0 unspecified atom stereocenters. The summed E-state index contributed by atoms with van der Waals surface area (Å²) in [4.78, 5) is 10.4. The lowest BCUT2D eigenvalue weighted by atomic mass is 10.0. The zero-order chi connectivity index (χ0) is 21.7. The van der Waals surface area contributed by atoms with Crippen LogP contribution in [-0.2, 0) is 6.61 Å². The topological polar surface area (TPSA) is 76.2 Å². The van der Waals surface area contributed by atoms with Crippen molar-refractivity contribution in [2.75, 3.05) is 0 Å². The van der Waals surface area contributed by atoms with Gasteiger partial charge < -0.3 is 4.74 Å². The molecule has 0 saturated carbocycles. The number of hydrogen-bond acceptors (Lipinski definition) is 4. The van der Waals surface area contributed by atoms with Crippen LogP contribution in [0.25, 0.3) is 11.6 Å². The van der Waals surface area contributed by atoms with E-state index in [0.29, 0.717) is 32.5 Å². The second-order valence-electron chi connectivity index (χ2n) is 6.19. The number of nitriles is 1. The lowest BCUT2D eigenvalue weighted by molar-refractivity contribution is -0.384. The SMILES string of the molecule is N#C/C(=C/c1cc(Br)ccc1OCc1ccc(Cl)c(Cl)c1)c1ccc([N+](=O)[O-])cc1. The van der Waals surface area contributed by atoms with E-state index in [4.69, 9.17) is 27.9 Å². The molecule has 0 N–H and O–H groups in total. The number of hydrogen-bond donors (Lipinski definition) is 0. The Morgan fingerprint density at radius 1 is 1.10 bits per heavy atom. The van der Waals surface area contributed by atoms with E-state index in [0.717, 1.165) is 10.0 Å². The zero-order valence-electron chi connectivity index (χ0n) is 15.3. The largest absolute Gasteiger partial charge is 0.488 e. The first kappa shape index (κ1) is 21.8. The molecule has 0 aliphatic carbocycles. The third-order valence-electron chi connectivity index (χ3n) is 4.16. The van der Waals surface area contributed by atoms with Crippen LogP contribution in [0.15, 0.2) is 65.1 Å². The number of ether oxygens (including phenoxy) is 1. The molecule has 0 fully saturated rings. The maximum Gasteiger partial charge on any atom is 0.269 e. The molecule has 3 aromatic rings. The average Bonchev–Trinajstić information content (AvgIpc) is 2.74. The zero-order valence-corrected chi connectivity index (χ0v) is 18.4. The molecule has 0 saturated heterocycles. The molecule has 3 rings (SSSR count). The highest BCUT2D eigenvalue weighted by atomic mass is 79.9. The number of halogens is 3. The van der Waals surface area contributed by atoms with Crippen LogP contribution in [0.4, 0.5) is 5.69 Å². The van der Waals surface area contributed by atoms with Gasteiger partial charge in [0.2, 0.25) is 0 Å². The fourth-order valence-electron chi connectivity index (χ4n) is 2.65. The fraction of sp³-hybridized carbons (Fsp3) is 0.0455. The molecular weight excluding hydrogens is 491 g/mol. The fourth-order valence-corrected chi connectivity index (χ4v) is 3.35. The summed E-state index contributed by atoms with van der Waals surface area (Å²) in [5.41, 5.74) is 2.41. The van der Waals surface area contributed by atoms with Crippen LogP contribution in [-0.4, -0.2) is 4.92 Å². The maximum atomic E-state index is 10.8. The third kappa shape index (κ3) is 5.39. The second-order valence-corrected chi connectivity index (χ2v) is 7.92. The van der Waals surface area contributed by atoms with Gasteiger partial charge in [-0.2, -0.15) is 5.26 Å². The van der Waals surface area contributed by atoms with E-state index in [1.165, 1.54) is 12.1 Å². The summed E-state index contributed by atoms with van der Waals surface area (Å²) in [5, 5.41) is 21.4. The van der Waals surface area contributed by atoms with Gasteiger partial charge in [0.15, 0.2) is 0 Å². The number of nitro groups is 1. The molecule has 0 atom stereocenters. The highest BCUT2D eigenvalue weighted by molar-refractivity contribution is 9.10. The summed E-state index contributed by atoms with van der Waals surface area (Å²) in [6.07, 6.45) is 1.68. The van der Waals surface area contributed by atoms with Crippen molar-refractivity contribution < 1.29 is 9.66 Å². The van der Waals surface area contributed by atoms with Gasteiger partial charge in [0.25, 0.3) is 5.69 Å². The number of benzene rings is 3. The Morgan fingerprint density at radius 2 is 1.83 bits per heavy atom. The van der Waals surface area contributed by atoms with Crippen molar-refractivity contribution in [3.8, 4) is 11.8 Å². The number of nitro benzene ring substituents is 1. The van der Waals surface area contributed by atoms with Gasteiger partial charge in [0.1, 0.15) is 12.4 Å². The summed E-state index contributed by atoms with van der Waals surface area (Å²) < 4.78 is 6.76. The molecule has 0 aliphatic heterocycles. The van der Waals surface area contributed by atoms with Crippen molar-refractivity contribution >= 4 is 56.5 Å². The van der Waals surface area contributed by atoms with Crippen molar-refractivity contribution in [1.82, 2.24) is 0 Å². The monoisotopic (exact) mass is 502 g/mol. The molecular formula is C22H13BrCl2N2O3. The molecule has 0 spiro atoms. The van der Waals surface area contributed by atoms with Crippen LogP contribution in [0.1, 0.15) is 16.7 Å². The predicted octanol–water partition coefficient (Wildman–Crippen LogP) is 7.31. The Hall–Kier alpha value is -2.85. The van der Waals surface area contributed by atoms with Gasteiger partial charge in [-0.05, 0) is 59.7 Å². The Morgan fingerprint density at radius 3 is 2.47 bits per heavy atom. The van der Waals surface area contributed by atoms with E-state index >= 15 is 0 Å². The van der Waals surface area contributed by atoms with E-state index in [-0.39, 0.29) is 12.3 Å². The summed E-state index contributed by atoms with van der Waals surface area (Å²) >= 11 is 15.4. The molecule has 3 aromatic carbocycles. The molecule has 0 amide bonds. The maximum absolute atomic E-state index is 10.8. The second kappa shape index (κ2) is 9.77. The number of non-ortho nitro benzene ring substituents is 1.